The lowest BCUT2D eigenvalue weighted by Gasteiger charge is -2.20. The molecule has 0 bridgehead atoms. The van der Waals surface area contributed by atoms with Crippen LogP contribution in [0.15, 0.2) is 24.3 Å². The molecule has 0 saturated carbocycles. The molecule has 1 aromatic carbocycles. The van der Waals surface area contributed by atoms with Crippen LogP contribution in [0.25, 0.3) is 0 Å². The minimum Gasteiger partial charge on any atom is -0.481 e. The van der Waals surface area contributed by atoms with Gasteiger partial charge in [-0.25, -0.2) is 4.79 Å². The predicted molar refractivity (Wildman–Crippen MR) is 69.6 cm³/mol. The first kappa shape index (κ1) is 14.5. The lowest BCUT2D eigenvalue weighted by atomic mass is 10.2. The van der Waals surface area contributed by atoms with E-state index < -0.39 is 17.9 Å². The molecule has 2 amide bonds. The minimum atomic E-state index is -0.961. The highest BCUT2D eigenvalue weighted by Crippen LogP contribution is 2.14. The molecular formula is C13H15N3O3. The van der Waals surface area contributed by atoms with E-state index in [2.05, 4.69) is 5.32 Å². The Kier molecular flexibility index (Phi) is 4.89. The second-order valence-corrected chi connectivity index (χ2v) is 4.21. The van der Waals surface area contributed by atoms with Crippen molar-refractivity contribution < 1.29 is 14.7 Å². The maximum absolute atomic E-state index is 11.9. The summed E-state index contributed by atoms with van der Waals surface area (Å²) in [4.78, 5) is 23.8. The topological polar surface area (TPSA) is 93.4 Å². The second-order valence-electron chi connectivity index (χ2n) is 4.21. The van der Waals surface area contributed by atoms with Crippen molar-refractivity contribution in [1.82, 2.24) is 4.90 Å². The number of urea groups is 1. The van der Waals surface area contributed by atoms with Gasteiger partial charge in [-0.05, 0) is 12.1 Å². The number of rotatable bonds is 4. The van der Waals surface area contributed by atoms with Gasteiger partial charge >= 0.3 is 12.0 Å². The van der Waals surface area contributed by atoms with Gasteiger partial charge in [-0.3, -0.25) is 4.79 Å². The van der Waals surface area contributed by atoms with Crippen LogP contribution < -0.4 is 5.32 Å². The maximum atomic E-state index is 11.9. The van der Waals surface area contributed by atoms with Crippen LogP contribution >= 0.6 is 0 Å². The third kappa shape index (κ3) is 4.00. The maximum Gasteiger partial charge on any atom is 0.321 e. The van der Waals surface area contributed by atoms with Crippen molar-refractivity contribution in [2.24, 2.45) is 5.92 Å². The number of nitriles is 1. The Morgan fingerprint density at radius 3 is 2.68 bits per heavy atom. The van der Waals surface area contributed by atoms with E-state index in [4.69, 9.17) is 10.4 Å². The average molecular weight is 261 g/mol. The van der Waals surface area contributed by atoms with Crippen LogP contribution in [0.4, 0.5) is 10.5 Å². The lowest BCUT2D eigenvalue weighted by molar-refractivity contribution is -0.141. The van der Waals surface area contributed by atoms with E-state index in [9.17, 15) is 9.59 Å². The summed E-state index contributed by atoms with van der Waals surface area (Å²) in [6.45, 7) is 1.62. The van der Waals surface area contributed by atoms with Crippen LogP contribution in [-0.2, 0) is 4.79 Å². The Bertz CT molecular complexity index is 522. The molecule has 6 nitrogen and oxygen atoms in total. The van der Waals surface area contributed by atoms with Crippen LogP contribution in [0.5, 0.6) is 0 Å². The Hall–Kier alpha value is -2.55. The van der Waals surface area contributed by atoms with Gasteiger partial charge in [-0.2, -0.15) is 5.26 Å². The molecule has 0 aliphatic carbocycles. The third-order valence-corrected chi connectivity index (χ3v) is 2.61. The zero-order valence-electron chi connectivity index (χ0n) is 10.8. The fraction of sp³-hybridized carbons (Fsp3) is 0.308. The molecule has 19 heavy (non-hydrogen) atoms. The summed E-state index contributed by atoms with van der Waals surface area (Å²) in [6, 6.07) is 8.14. The van der Waals surface area contributed by atoms with Gasteiger partial charge < -0.3 is 15.3 Å². The van der Waals surface area contributed by atoms with Crippen molar-refractivity contribution in [2.45, 2.75) is 6.92 Å². The molecule has 6 heteroatoms. The van der Waals surface area contributed by atoms with Gasteiger partial charge in [-0.1, -0.05) is 19.1 Å². The van der Waals surface area contributed by atoms with E-state index in [0.29, 0.717) is 11.3 Å². The van der Waals surface area contributed by atoms with E-state index in [1.165, 1.54) is 18.9 Å². The zero-order chi connectivity index (χ0) is 14.4. The van der Waals surface area contributed by atoms with Crippen molar-refractivity contribution in [2.75, 3.05) is 18.9 Å². The van der Waals surface area contributed by atoms with Crippen LogP contribution in [-0.4, -0.2) is 35.6 Å². The number of nitrogens with zero attached hydrogens (tertiary/aromatic N) is 2. The Labute approximate surface area is 111 Å². The van der Waals surface area contributed by atoms with Gasteiger partial charge in [0.2, 0.25) is 0 Å². The second kappa shape index (κ2) is 6.40. The largest absolute Gasteiger partial charge is 0.481 e. The summed E-state index contributed by atoms with van der Waals surface area (Å²) in [5.41, 5.74) is 0.764. The molecule has 1 rings (SSSR count). The number of aliphatic carboxylic acids is 1. The summed E-state index contributed by atoms with van der Waals surface area (Å²) in [7, 11) is 1.50. The first-order valence-electron chi connectivity index (χ1n) is 5.69. The smallest absolute Gasteiger partial charge is 0.321 e. The van der Waals surface area contributed by atoms with Crippen molar-refractivity contribution in [3.05, 3.63) is 29.8 Å². The van der Waals surface area contributed by atoms with E-state index >= 15 is 0 Å². The van der Waals surface area contributed by atoms with Crippen molar-refractivity contribution in [3.8, 4) is 6.07 Å². The number of carboxylic acids is 1. The number of benzene rings is 1. The highest BCUT2D eigenvalue weighted by molar-refractivity contribution is 5.90. The van der Waals surface area contributed by atoms with Gasteiger partial charge in [0, 0.05) is 13.6 Å². The molecule has 1 aromatic rings. The van der Waals surface area contributed by atoms with Crippen LogP contribution in [0, 0.1) is 17.2 Å². The highest BCUT2D eigenvalue weighted by Gasteiger charge is 2.17. The van der Waals surface area contributed by atoms with E-state index in [1.54, 1.807) is 24.3 Å². The fourth-order valence-electron chi connectivity index (χ4n) is 1.47. The zero-order valence-corrected chi connectivity index (χ0v) is 10.8. The van der Waals surface area contributed by atoms with Gasteiger partial charge in [0.25, 0.3) is 0 Å². The number of carbonyl (C=O) groups excluding carboxylic acids is 1. The normalized spacial score (nSPS) is 11.2. The molecule has 0 radical (unpaired) electrons. The fourth-order valence-corrected chi connectivity index (χ4v) is 1.47. The monoisotopic (exact) mass is 261 g/mol. The number of carboxylic acid groups (broad SMARTS) is 1. The van der Waals surface area contributed by atoms with Crippen molar-refractivity contribution in [3.63, 3.8) is 0 Å². The predicted octanol–water partition coefficient (Wildman–Crippen LogP) is 1.74. The molecule has 0 saturated heterocycles. The summed E-state index contributed by atoms with van der Waals surface area (Å²) < 4.78 is 0. The Balaban J connectivity index is 2.69. The molecule has 2 N–H and O–H groups in total. The Morgan fingerprint density at radius 1 is 1.47 bits per heavy atom. The van der Waals surface area contributed by atoms with E-state index in [-0.39, 0.29) is 6.54 Å². The van der Waals surface area contributed by atoms with Crippen molar-refractivity contribution >= 4 is 17.7 Å². The van der Waals surface area contributed by atoms with Gasteiger partial charge in [0.15, 0.2) is 0 Å². The summed E-state index contributed by atoms with van der Waals surface area (Å²) in [5.74, 6) is -1.61. The molecule has 100 valence electrons. The van der Waals surface area contributed by atoms with Crippen LogP contribution in [0.2, 0.25) is 0 Å². The third-order valence-electron chi connectivity index (χ3n) is 2.61. The molecule has 1 unspecified atom stereocenters. The molecule has 1 atom stereocenters. The number of hydrogen-bond donors (Lipinski definition) is 2. The SMILES string of the molecule is CC(CN(C)C(=O)Nc1ccccc1C#N)C(=O)O. The van der Waals surface area contributed by atoms with E-state index in [0.717, 1.165) is 0 Å². The number of para-hydroxylation sites is 1. The number of hydrogen-bond acceptors (Lipinski definition) is 3. The van der Waals surface area contributed by atoms with E-state index in [1.807, 2.05) is 6.07 Å². The number of anilines is 1. The van der Waals surface area contributed by atoms with Gasteiger partial charge in [0.05, 0.1) is 17.2 Å². The van der Waals surface area contributed by atoms with Crippen molar-refractivity contribution in [1.29, 1.82) is 5.26 Å². The quantitative estimate of drug-likeness (QED) is 0.863. The molecular weight excluding hydrogens is 246 g/mol. The number of amides is 2. The minimum absolute atomic E-state index is 0.0931. The lowest BCUT2D eigenvalue weighted by Crippen LogP contribution is -2.36. The number of carbonyl (C=O) groups is 2. The molecule has 0 aliphatic heterocycles. The molecule has 0 aliphatic rings. The summed E-state index contributed by atoms with van der Waals surface area (Å²) in [6.07, 6.45) is 0. The van der Waals surface area contributed by atoms with Gasteiger partial charge in [0.1, 0.15) is 6.07 Å². The average Bonchev–Trinajstić information content (AvgIpc) is 2.38. The first-order chi connectivity index (χ1) is 8.95. The first-order valence-corrected chi connectivity index (χ1v) is 5.69. The summed E-state index contributed by atoms with van der Waals surface area (Å²) in [5, 5.41) is 20.3. The number of nitrogens with one attached hydrogen (secondary N) is 1. The van der Waals surface area contributed by atoms with Gasteiger partial charge in [-0.15, -0.1) is 0 Å². The molecule has 0 aromatic heterocycles. The molecule has 0 heterocycles. The molecule has 0 fully saturated rings. The van der Waals surface area contributed by atoms with Crippen LogP contribution in [0.3, 0.4) is 0 Å². The Morgan fingerprint density at radius 2 is 2.11 bits per heavy atom. The molecule has 0 spiro atoms. The highest BCUT2D eigenvalue weighted by atomic mass is 16.4. The standard InChI is InChI=1S/C13H15N3O3/c1-9(12(17)18)8-16(2)13(19)15-11-6-4-3-5-10(11)7-14/h3-6,9H,8H2,1-2H3,(H,15,19)(H,17,18). The summed E-state index contributed by atoms with van der Waals surface area (Å²) >= 11 is 0. The van der Waals surface area contributed by atoms with Crippen LogP contribution in [0.1, 0.15) is 12.5 Å².